The number of β-amino-alcohol motifs (C(OH)–C–C–N with tert-alkyl or cyclic N) is 2. The molecular weight excluding hydrogens is 420 g/mol. The lowest BCUT2D eigenvalue weighted by molar-refractivity contribution is 0.0535. The molecule has 4 atom stereocenters. The van der Waals surface area contributed by atoms with Crippen LogP contribution in [-0.4, -0.2) is 69.7 Å². The number of fused-ring (bicyclic) bond motifs is 2. The van der Waals surface area contributed by atoms with E-state index in [1.165, 1.54) is 6.20 Å². The number of benzene rings is 1. The Morgan fingerprint density at radius 3 is 2.82 bits per heavy atom. The van der Waals surface area contributed by atoms with E-state index in [0.29, 0.717) is 41.9 Å². The molecule has 2 N–H and O–H groups in total. The summed E-state index contributed by atoms with van der Waals surface area (Å²) in [6, 6.07) is 9.39. The molecule has 8 heteroatoms. The molecule has 3 aliphatic heterocycles. The second-order valence-electron chi connectivity index (χ2n) is 9.33. The van der Waals surface area contributed by atoms with Gasteiger partial charge in [0.25, 0.3) is 0 Å². The van der Waals surface area contributed by atoms with Crippen LogP contribution in [0.3, 0.4) is 0 Å². The van der Waals surface area contributed by atoms with E-state index in [4.69, 9.17) is 10.00 Å². The maximum absolute atomic E-state index is 11.8. The van der Waals surface area contributed by atoms with Gasteiger partial charge in [-0.2, -0.15) is 5.26 Å². The van der Waals surface area contributed by atoms with E-state index in [1.807, 2.05) is 19.1 Å². The van der Waals surface area contributed by atoms with Crippen LogP contribution in [0.1, 0.15) is 56.9 Å². The highest BCUT2D eigenvalue weighted by Crippen LogP contribution is 2.35. The Hall–Kier alpha value is -2.83. The van der Waals surface area contributed by atoms with Crippen molar-refractivity contribution >= 4 is 5.97 Å². The van der Waals surface area contributed by atoms with Gasteiger partial charge in [-0.25, -0.2) is 4.79 Å². The monoisotopic (exact) mass is 448 g/mol. The molecule has 2 saturated heterocycles. The molecule has 0 saturated carbocycles. The summed E-state index contributed by atoms with van der Waals surface area (Å²) in [7, 11) is 0. The van der Waals surface area contributed by atoms with Crippen LogP contribution in [-0.2, 0) is 11.3 Å². The molecule has 0 spiro atoms. The third kappa shape index (κ3) is 4.13. The van der Waals surface area contributed by atoms with Crippen molar-refractivity contribution in [3.8, 4) is 6.07 Å². The second kappa shape index (κ2) is 8.84. The van der Waals surface area contributed by atoms with E-state index in [9.17, 15) is 15.0 Å². The smallest absolute Gasteiger partial charge is 0.338 e. The van der Waals surface area contributed by atoms with E-state index >= 15 is 0 Å². The fraction of sp³-hybridized carbons (Fsp3) is 0.480. The number of nitriles is 1. The van der Waals surface area contributed by atoms with E-state index in [-0.39, 0.29) is 12.6 Å². The van der Waals surface area contributed by atoms with Gasteiger partial charge in [0.05, 0.1) is 22.9 Å². The minimum Gasteiger partial charge on any atom is -0.457 e. The lowest BCUT2D eigenvalue weighted by Crippen LogP contribution is -2.38. The van der Waals surface area contributed by atoms with Gasteiger partial charge in [0.1, 0.15) is 18.8 Å². The van der Waals surface area contributed by atoms with Crippen LogP contribution < -0.4 is 0 Å². The van der Waals surface area contributed by atoms with Crippen LogP contribution in [0.15, 0.2) is 30.5 Å². The van der Waals surface area contributed by atoms with Crippen molar-refractivity contribution in [2.24, 2.45) is 5.92 Å². The number of aliphatic hydroxyl groups is 2. The summed E-state index contributed by atoms with van der Waals surface area (Å²) in [6.07, 6.45) is 1.23. The molecule has 0 radical (unpaired) electrons. The molecule has 8 nitrogen and oxygen atoms in total. The van der Waals surface area contributed by atoms with Crippen molar-refractivity contribution in [3.05, 3.63) is 64.0 Å². The summed E-state index contributed by atoms with van der Waals surface area (Å²) in [6.45, 7) is 5.98. The molecule has 4 heterocycles. The normalized spacial score (nSPS) is 24.2. The zero-order chi connectivity index (χ0) is 23.1. The van der Waals surface area contributed by atoms with Crippen LogP contribution >= 0.6 is 0 Å². The fourth-order valence-electron chi connectivity index (χ4n) is 5.57. The summed E-state index contributed by atoms with van der Waals surface area (Å²) in [5.41, 5.74) is 4.33. The number of nitrogens with zero attached hydrogens (tertiary/aromatic N) is 4. The number of cyclic esters (lactones) is 1. The van der Waals surface area contributed by atoms with Gasteiger partial charge < -0.3 is 14.9 Å². The molecule has 0 amide bonds. The predicted octanol–water partition coefficient (Wildman–Crippen LogP) is 1.71. The van der Waals surface area contributed by atoms with E-state index in [0.717, 1.165) is 42.7 Å². The molecule has 2 fully saturated rings. The largest absolute Gasteiger partial charge is 0.457 e. The molecule has 1 aromatic heterocycles. The highest BCUT2D eigenvalue weighted by atomic mass is 16.5. The van der Waals surface area contributed by atoms with Gasteiger partial charge in [-0.3, -0.25) is 14.8 Å². The molecule has 172 valence electrons. The summed E-state index contributed by atoms with van der Waals surface area (Å²) in [5.74, 6) is 0.228. The first-order valence-corrected chi connectivity index (χ1v) is 11.4. The standard InChI is InChI=1S/C25H28N4O4/c1-15-18(3-4-19-20(15)14-33-25(19)32)23(30)13-29-7-6-17-10-28(11-22(17)29)12-24(31)21-5-2-16(8-26)9-27-21/h2-5,9,17,22-24,30-31H,6-7,10-14H2,1H3. The van der Waals surface area contributed by atoms with E-state index in [2.05, 4.69) is 14.8 Å². The number of esters is 1. The maximum atomic E-state index is 11.8. The van der Waals surface area contributed by atoms with Gasteiger partial charge >= 0.3 is 5.97 Å². The minimum absolute atomic E-state index is 0.278. The van der Waals surface area contributed by atoms with Crippen LogP contribution in [0.25, 0.3) is 0 Å². The summed E-state index contributed by atoms with van der Waals surface area (Å²) in [5, 5.41) is 30.6. The number of likely N-dealkylation sites (tertiary alicyclic amines) is 2. The first-order chi connectivity index (χ1) is 15.9. The van der Waals surface area contributed by atoms with Gasteiger partial charge in [-0.15, -0.1) is 0 Å². The van der Waals surface area contributed by atoms with Gasteiger partial charge in [0, 0.05) is 44.0 Å². The van der Waals surface area contributed by atoms with Crippen LogP contribution in [0, 0.1) is 24.2 Å². The number of hydrogen-bond donors (Lipinski definition) is 2. The number of aromatic nitrogens is 1. The van der Waals surface area contributed by atoms with Crippen molar-refractivity contribution in [2.75, 3.05) is 32.7 Å². The van der Waals surface area contributed by atoms with E-state index < -0.39 is 12.2 Å². The Morgan fingerprint density at radius 1 is 1.21 bits per heavy atom. The third-order valence-corrected chi connectivity index (χ3v) is 7.40. The number of aliphatic hydroxyl groups excluding tert-OH is 2. The highest BCUT2D eigenvalue weighted by molar-refractivity contribution is 5.93. The molecule has 2 aromatic rings. The van der Waals surface area contributed by atoms with Crippen molar-refractivity contribution in [2.45, 2.75) is 38.2 Å². The van der Waals surface area contributed by atoms with Crippen molar-refractivity contribution in [1.82, 2.24) is 14.8 Å². The van der Waals surface area contributed by atoms with Crippen molar-refractivity contribution in [1.29, 1.82) is 5.26 Å². The predicted molar refractivity (Wildman–Crippen MR) is 119 cm³/mol. The molecular formula is C25H28N4O4. The number of carbonyl (C=O) groups excluding carboxylic acids is 1. The highest BCUT2D eigenvalue weighted by Gasteiger charge is 2.42. The quantitative estimate of drug-likeness (QED) is 0.643. The number of pyridine rings is 1. The summed E-state index contributed by atoms with van der Waals surface area (Å²) in [4.78, 5) is 20.6. The fourth-order valence-corrected chi connectivity index (χ4v) is 5.57. The number of hydrogen-bond acceptors (Lipinski definition) is 8. The van der Waals surface area contributed by atoms with Crippen LogP contribution in [0.4, 0.5) is 0 Å². The molecule has 1 aromatic carbocycles. The van der Waals surface area contributed by atoms with Gasteiger partial charge in [-0.1, -0.05) is 6.07 Å². The summed E-state index contributed by atoms with van der Waals surface area (Å²) >= 11 is 0. The van der Waals surface area contributed by atoms with E-state index in [1.54, 1.807) is 18.2 Å². The minimum atomic E-state index is -0.699. The average molecular weight is 449 g/mol. The Bertz CT molecular complexity index is 1100. The van der Waals surface area contributed by atoms with Crippen molar-refractivity contribution < 1.29 is 19.7 Å². The number of ether oxygens (including phenoxy) is 1. The first-order valence-electron chi connectivity index (χ1n) is 11.4. The summed E-state index contributed by atoms with van der Waals surface area (Å²) < 4.78 is 5.14. The molecule has 0 aliphatic carbocycles. The Balaban J connectivity index is 1.21. The number of carbonyl (C=O) groups is 1. The molecule has 3 aliphatic rings. The number of rotatable bonds is 6. The third-order valence-electron chi connectivity index (χ3n) is 7.40. The van der Waals surface area contributed by atoms with Crippen molar-refractivity contribution in [3.63, 3.8) is 0 Å². The average Bonchev–Trinajstić information content (AvgIpc) is 3.50. The zero-order valence-electron chi connectivity index (χ0n) is 18.6. The molecule has 4 unspecified atom stereocenters. The first kappa shape index (κ1) is 22.0. The van der Waals surface area contributed by atoms with Crippen LogP contribution in [0.2, 0.25) is 0 Å². The zero-order valence-corrected chi connectivity index (χ0v) is 18.6. The Labute approximate surface area is 193 Å². The van der Waals surface area contributed by atoms with Gasteiger partial charge in [0.2, 0.25) is 0 Å². The lowest BCUT2D eigenvalue weighted by atomic mass is 9.95. The topological polar surface area (TPSA) is 110 Å². The van der Waals surface area contributed by atoms with Gasteiger partial charge in [0.15, 0.2) is 0 Å². The SMILES string of the molecule is Cc1c(C(O)CN2CCC3CN(CC(O)c4ccc(C#N)cn4)CC32)ccc2c1COC2=O. The Morgan fingerprint density at radius 2 is 2.06 bits per heavy atom. The lowest BCUT2D eigenvalue weighted by Gasteiger charge is -2.28. The Kier molecular flexibility index (Phi) is 5.89. The van der Waals surface area contributed by atoms with Crippen LogP contribution in [0.5, 0.6) is 0 Å². The maximum Gasteiger partial charge on any atom is 0.338 e. The molecule has 33 heavy (non-hydrogen) atoms. The second-order valence-corrected chi connectivity index (χ2v) is 9.33. The molecule has 0 bridgehead atoms. The van der Waals surface area contributed by atoms with Gasteiger partial charge in [-0.05, 0) is 55.1 Å². The molecule has 5 rings (SSSR count).